The normalized spacial score (nSPS) is 16.0. The van der Waals surface area contributed by atoms with Crippen LogP contribution in [0.15, 0.2) is 60.7 Å². The van der Waals surface area contributed by atoms with Crippen LogP contribution in [0.1, 0.15) is 50.2 Å². The summed E-state index contributed by atoms with van der Waals surface area (Å²) in [7, 11) is 0. The Morgan fingerprint density at radius 3 is 1.93 bits per heavy atom. The van der Waals surface area contributed by atoms with Crippen LogP contribution in [0, 0.1) is 0 Å². The van der Waals surface area contributed by atoms with Gasteiger partial charge in [0, 0.05) is 13.1 Å². The van der Waals surface area contributed by atoms with E-state index in [0.717, 1.165) is 50.4 Å². The molecule has 0 saturated carbocycles. The summed E-state index contributed by atoms with van der Waals surface area (Å²) in [6, 6.07) is 20.0. The van der Waals surface area contributed by atoms with Gasteiger partial charge in [0.1, 0.15) is 12.0 Å². The zero-order chi connectivity index (χ0) is 21.2. The van der Waals surface area contributed by atoms with Gasteiger partial charge in [0.2, 0.25) is 0 Å². The van der Waals surface area contributed by atoms with E-state index in [1.807, 2.05) is 60.7 Å². The highest BCUT2D eigenvalue weighted by atomic mass is 16.5. The summed E-state index contributed by atoms with van der Waals surface area (Å²) in [6.45, 7) is 10.1. The van der Waals surface area contributed by atoms with E-state index < -0.39 is 5.92 Å². The fourth-order valence-corrected chi connectivity index (χ4v) is 4.32. The highest BCUT2D eigenvalue weighted by Gasteiger charge is 2.28. The maximum absolute atomic E-state index is 13.5. The molecule has 4 heteroatoms. The molecule has 0 amide bonds. The summed E-state index contributed by atoms with van der Waals surface area (Å²) in [5, 5.41) is 0. The van der Waals surface area contributed by atoms with Crippen LogP contribution >= 0.6 is 0 Å². The Bertz CT molecular complexity index is 701. The first-order valence-electron chi connectivity index (χ1n) is 11.5. The molecule has 4 nitrogen and oxygen atoms in total. The lowest BCUT2D eigenvalue weighted by molar-refractivity contribution is -0.152. The third-order valence-corrected chi connectivity index (χ3v) is 6.05. The van der Waals surface area contributed by atoms with Crippen molar-refractivity contribution in [3.63, 3.8) is 0 Å². The number of likely N-dealkylation sites (N-methyl/N-ethyl adjacent to an activating group) is 1. The lowest BCUT2D eigenvalue weighted by atomic mass is 9.91. The standard InChI is InChI=1S/C26H36N2O2/c1-3-27(4-2)20-24(21-28-18-12-7-13-19-28)30-26(29)25(22-14-8-5-9-15-22)23-16-10-6-11-17-23/h5-6,8-11,14-17,24-25H,3-4,7,12-13,18-21H2,1-2H3. The van der Waals surface area contributed by atoms with Crippen molar-refractivity contribution in [2.24, 2.45) is 0 Å². The van der Waals surface area contributed by atoms with Gasteiger partial charge < -0.3 is 9.64 Å². The maximum atomic E-state index is 13.5. The van der Waals surface area contributed by atoms with Crippen molar-refractivity contribution in [1.29, 1.82) is 0 Å². The molecule has 2 aromatic rings. The van der Waals surface area contributed by atoms with Gasteiger partial charge in [0.15, 0.2) is 0 Å². The summed E-state index contributed by atoms with van der Waals surface area (Å²) >= 11 is 0. The topological polar surface area (TPSA) is 32.8 Å². The molecule has 2 aromatic carbocycles. The molecule has 0 spiro atoms. The number of likely N-dealkylation sites (tertiary alicyclic amines) is 1. The van der Waals surface area contributed by atoms with Crippen molar-refractivity contribution in [2.75, 3.05) is 39.3 Å². The number of carbonyl (C=O) groups is 1. The molecule has 1 atom stereocenters. The minimum absolute atomic E-state index is 0.120. The lowest BCUT2D eigenvalue weighted by Gasteiger charge is -2.33. The van der Waals surface area contributed by atoms with Crippen molar-refractivity contribution in [3.05, 3.63) is 71.8 Å². The number of hydrogen-bond donors (Lipinski definition) is 0. The van der Waals surface area contributed by atoms with Gasteiger partial charge in [0.25, 0.3) is 0 Å². The number of benzene rings is 2. The Labute approximate surface area is 181 Å². The van der Waals surface area contributed by atoms with Crippen LogP contribution in [0.2, 0.25) is 0 Å². The summed E-state index contributed by atoms with van der Waals surface area (Å²) in [6.07, 6.45) is 3.66. The van der Waals surface area contributed by atoms with E-state index in [1.165, 1.54) is 19.3 Å². The Kier molecular flexibility index (Phi) is 8.91. The SMILES string of the molecule is CCN(CC)CC(CN1CCCCC1)OC(=O)C(c1ccccc1)c1ccccc1. The van der Waals surface area contributed by atoms with Crippen LogP contribution in [0.25, 0.3) is 0 Å². The fraction of sp³-hybridized carbons (Fsp3) is 0.500. The van der Waals surface area contributed by atoms with E-state index in [0.29, 0.717) is 0 Å². The van der Waals surface area contributed by atoms with Crippen LogP contribution in [0.4, 0.5) is 0 Å². The zero-order valence-corrected chi connectivity index (χ0v) is 18.5. The van der Waals surface area contributed by atoms with Crippen LogP contribution in [0.3, 0.4) is 0 Å². The van der Waals surface area contributed by atoms with E-state index >= 15 is 0 Å². The minimum atomic E-state index is -0.395. The maximum Gasteiger partial charge on any atom is 0.318 e. The minimum Gasteiger partial charge on any atom is -0.459 e. The Balaban J connectivity index is 1.79. The molecular weight excluding hydrogens is 372 g/mol. The van der Waals surface area contributed by atoms with Crippen molar-refractivity contribution in [3.8, 4) is 0 Å². The predicted molar refractivity (Wildman–Crippen MR) is 123 cm³/mol. The second-order valence-electron chi connectivity index (χ2n) is 8.16. The van der Waals surface area contributed by atoms with Gasteiger partial charge in [-0.15, -0.1) is 0 Å². The molecule has 3 rings (SSSR count). The number of rotatable bonds is 10. The van der Waals surface area contributed by atoms with Gasteiger partial charge in [-0.2, -0.15) is 0 Å². The molecule has 0 bridgehead atoms. The van der Waals surface area contributed by atoms with Crippen LogP contribution in [0.5, 0.6) is 0 Å². The van der Waals surface area contributed by atoms with E-state index in [4.69, 9.17) is 4.74 Å². The Morgan fingerprint density at radius 1 is 0.900 bits per heavy atom. The molecule has 1 saturated heterocycles. The number of carbonyl (C=O) groups excluding carboxylic acids is 1. The average molecular weight is 409 g/mol. The van der Waals surface area contributed by atoms with Gasteiger partial charge in [-0.05, 0) is 50.1 Å². The molecule has 30 heavy (non-hydrogen) atoms. The summed E-state index contributed by atoms with van der Waals surface area (Å²) in [5.74, 6) is -0.547. The molecule has 1 aliphatic heterocycles. The number of nitrogens with zero attached hydrogens (tertiary/aromatic N) is 2. The molecule has 0 aromatic heterocycles. The number of esters is 1. The lowest BCUT2D eigenvalue weighted by Crippen LogP contribution is -2.44. The number of ether oxygens (including phenoxy) is 1. The quantitative estimate of drug-likeness (QED) is 0.540. The van der Waals surface area contributed by atoms with Crippen molar-refractivity contribution >= 4 is 5.97 Å². The number of hydrogen-bond acceptors (Lipinski definition) is 4. The van der Waals surface area contributed by atoms with E-state index in [9.17, 15) is 4.79 Å². The summed E-state index contributed by atoms with van der Waals surface area (Å²) < 4.78 is 6.24. The third-order valence-electron chi connectivity index (χ3n) is 6.05. The second-order valence-corrected chi connectivity index (χ2v) is 8.16. The summed E-state index contributed by atoms with van der Waals surface area (Å²) in [4.78, 5) is 18.3. The monoisotopic (exact) mass is 408 g/mol. The highest BCUT2D eigenvalue weighted by Crippen LogP contribution is 2.27. The van der Waals surface area contributed by atoms with Crippen molar-refractivity contribution in [1.82, 2.24) is 9.80 Å². The van der Waals surface area contributed by atoms with Gasteiger partial charge >= 0.3 is 5.97 Å². The van der Waals surface area contributed by atoms with Crippen LogP contribution < -0.4 is 0 Å². The fourth-order valence-electron chi connectivity index (χ4n) is 4.32. The molecule has 0 radical (unpaired) electrons. The van der Waals surface area contributed by atoms with Crippen molar-refractivity contribution < 1.29 is 9.53 Å². The van der Waals surface area contributed by atoms with Crippen LogP contribution in [-0.4, -0.2) is 61.1 Å². The first-order valence-corrected chi connectivity index (χ1v) is 11.5. The Hall–Kier alpha value is -2.17. The third kappa shape index (κ3) is 6.41. The smallest absolute Gasteiger partial charge is 0.318 e. The van der Waals surface area contributed by atoms with Crippen molar-refractivity contribution in [2.45, 2.75) is 45.1 Å². The molecule has 162 valence electrons. The van der Waals surface area contributed by atoms with Gasteiger partial charge in [-0.1, -0.05) is 80.9 Å². The molecular formula is C26H36N2O2. The van der Waals surface area contributed by atoms with E-state index in [1.54, 1.807) is 0 Å². The summed E-state index contributed by atoms with van der Waals surface area (Å²) in [5.41, 5.74) is 1.96. The highest BCUT2D eigenvalue weighted by molar-refractivity contribution is 5.82. The van der Waals surface area contributed by atoms with Gasteiger partial charge in [-0.25, -0.2) is 0 Å². The Morgan fingerprint density at radius 2 is 1.43 bits per heavy atom. The zero-order valence-electron chi connectivity index (χ0n) is 18.5. The van der Waals surface area contributed by atoms with Gasteiger partial charge in [-0.3, -0.25) is 9.69 Å². The first kappa shape index (κ1) is 22.5. The average Bonchev–Trinajstić information content (AvgIpc) is 2.79. The molecule has 0 N–H and O–H groups in total. The first-order chi connectivity index (χ1) is 14.7. The molecule has 1 unspecified atom stereocenters. The molecule has 1 fully saturated rings. The van der Waals surface area contributed by atoms with Gasteiger partial charge in [0.05, 0.1) is 0 Å². The van der Waals surface area contributed by atoms with Crippen LogP contribution in [-0.2, 0) is 9.53 Å². The predicted octanol–water partition coefficient (Wildman–Crippen LogP) is 4.56. The second kappa shape index (κ2) is 11.9. The molecule has 1 aliphatic rings. The largest absolute Gasteiger partial charge is 0.459 e. The molecule has 1 heterocycles. The van der Waals surface area contributed by atoms with E-state index in [2.05, 4.69) is 23.6 Å². The molecule has 0 aliphatic carbocycles. The van der Waals surface area contributed by atoms with E-state index in [-0.39, 0.29) is 12.1 Å². The number of piperidine rings is 1.